The van der Waals surface area contributed by atoms with Gasteiger partial charge in [0.1, 0.15) is 6.17 Å². The van der Waals surface area contributed by atoms with Gasteiger partial charge in [0.05, 0.1) is 42.0 Å². The van der Waals surface area contributed by atoms with Crippen LogP contribution in [0.5, 0.6) is 0 Å². The molecule has 0 aromatic rings. The van der Waals surface area contributed by atoms with Gasteiger partial charge in [0.2, 0.25) is 0 Å². The van der Waals surface area contributed by atoms with E-state index in [1.54, 1.807) is 6.92 Å². The molecule has 3 aliphatic carbocycles. The van der Waals surface area contributed by atoms with Crippen molar-refractivity contribution in [2.24, 2.45) is 17.8 Å². The lowest BCUT2D eigenvalue weighted by Crippen LogP contribution is -2.73. The van der Waals surface area contributed by atoms with Crippen LogP contribution in [-0.2, 0) is 14.3 Å². The van der Waals surface area contributed by atoms with Crippen LogP contribution in [0.3, 0.4) is 0 Å². The number of nitrogens with zero attached hydrogens (tertiary/aromatic N) is 2. The highest BCUT2D eigenvalue weighted by Crippen LogP contribution is 2.50. The fraction of sp³-hybridized carbons (Fsp3) is 0.867. The lowest BCUT2D eigenvalue weighted by atomic mass is 9.65. The van der Waals surface area contributed by atoms with Crippen molar-refractivity contribution < 1.29 is 23.8 Å². The molecule has 0 bridgehead atoms. The Bertz CT molecular complexity index is 961. The highest BCUT2D eigenvalue weighted by atomic mass is 19.1. The summed E-state index contributed by atoms with van der Waals surface area (Å²) in [5.41, 5.74) is 0.184. The topological polar surface area (TPSA) is 94.1 Å². The highest BCUT2D eigenvalue weighted by molar-refractivity contribution is 6.20. The van der Waals surface area contributed by atoms with Gasteiger partial charge in [0.15, 0.2) is 5.78 Å². The SMILES string of the molecule is CC(O)CNC1C(F)CC2C(=O)C(C(=O)NCCC3CCCN3C)=CN3C4CC5CCCCC5CC4OC1C23. The van der Waals surface area contributed by atoms with Crippen LogP contribution in [0, 0.1) is 17.8 Å². The van der Waals surface area contributed by atoms with E-state index in [4.69, 9.17) is 4.74 Å². The zero-order chi connectivity index (χ0) is 27.3. The second kappa shape index (κ2) is 11.4. The molecule has 0 aromatic carbocycles. The third-order valence-electron chi connectivity index (χ3n) is 10.8. The number of carbonyl (C=O) groups is 2. The van der Waals surface area contributed by atoms with E-state index < -0.39 is 30.3 Å². The van der Waals surface area contributed by atoms with E-state index >= 15 is 4.39 Å². The summed E-state index contributed by atoms with van der Waals surface area (Å²) in [6.45, 7) is 3.58. The van der Waals surface area contributed by atoms with Crippen molar-refractivity contribution in [2.75, 3.05) is 26.7 Å². The fourth-order valence-electron chi connectivity index (χ4n) is 8.79. The number of aliphatic hydroxyl groups is 1. The van der Waals surface area contributed by atoms with Gasteiger partial charge in [-0.3, -0.25) is 9.59 Å². The van der Waals surface area contributed by atoms with Crippen molar-refractivity contribution >= 4 is 11.7 Å². The molecule has 9 heteroatoms. The van der Waals surface area contributed by atoms with Crippen LogP contribution in [-0.4, -0.2) is 102 Å². The molecule has 0 radical (unpaired) electrons. The first kappa shape index (κ1) is 27.6. The molecule has 6 rings (SSSR count). The van der Waals surface area contributed by atoms with Crippen LogP contribution < -0.4 is 10.6 Å². The molecule has 6 aliphatic rings. The Morgan fingerprint density at radius 1 is 1.18 bits per heavy atom. The third-order valence-corrected chi connectivity index (χ3v) is 10.8. The maximum atomic E-state index is 15.7. The van der Waals surface area contributed by atoms with Gasteiger partial charge in [-0.1, -0.05) is 25.7 Å². The van der Waals surface area contributed by atoms with Gasteiger partial charge >= 0.3 is 0 Å². The number of ether oxygens (including phenoxy) is 1. The molecule has 0 spiro atoms. The molecule has 2 saturated heterocycles. The number of alkyl halides is 1. The molecular weight excluding hydrogens is 499 g/mol. The van der Waals surface area contributed by atoms with Gasteiger partial charge in [-0.15, -0.1) is 0 Å². The second-order valence-electron chi connectivity index (χ2n) is 13.3. The maximum absolute atomic E-state index is 15.7. The molecule has 218 valence electrons. The van der Waals surface area contributed by atoms with Gasteiger partial charge in [-0.2, -0.15) is 0 Å². The van der Waals surface area contributed by atoms with Crippen molar-refractivity contribution in [3.63, 3.8) is 0 Å². The Morgan fingerprint density at radius 2 is 1.95 bits per heavy atom. The molecule has 3 aliphatic heterocycles. The van der Waals surface area contributed by atoms with Gasteiger partial charge < -0.3 is 30.3 Å². The van der Waals surface area contributed by atoms with Crippen molar-refractivity contribution in [2.45, 2.75) is 120 Å². The molecule has 3 heterocycles. The van der Waals surface area contributed by atoms with Crippen molar-refractivity contribution in [3.05, 3.63) is 11.8 Å². The Balaban J connectivity index is 1.26. The minimum Gasteiger partial charge on any atom is -0.392 e. The van der Waals surface area contributed by atoms with Gasteiger partial charge in [-0.25, -0.2) is 4.39 Å². The van der Waals surface area contributed by atoms with Crippen LogP contribution >= 0.6 is 0 Å². The summed E-state index contributed by atoms with van der Waals surface area (Å²) in [6.07, 6.45) is 9.59. The summed E-state index contributed by atoms with van der Waals surface area (Å²) in [5.74, 6) is 0.0998. The lowest BCUT2D eigenvalue weighted by Gasteiger charge is -2.61. The molecule has 39 heavy (non-hydrogen) atoms. The number of morpholine rings is 1. The summed E-state index contributed by atoms with van der Waals surface area (Å²) in [7, 11) is 2.12. The largest absolute Gasteiger partial charge is 0.392 e. The van der Waals surface area contributed by atoms with Crippen molar-refractivity contribution in [1.82, 2.24) is 20.4 Å². The van der Waals surface area contributed by atoms with Crippen molar-refractivity contribution in [3.8, 4) is 0 Å². The number of aliphatic hydroxyl groups excluding tert-OH is 1. The normalized spacial score (nSPS) is 42.7. The summed E-state index contributed by atoms with van der Waals surface area (Å²) >= 11 is 0. The number of nitrogens with one attached hydrogen (secondary N) is 2. The monoisotopic (exact) mass is 546 g/mol. The van der Waals surface area contributed by atoms with Crippen LogP contribution in [0.4, 0.5) is 4.39 Å². The first-order valence-electron chi connectivity index (χ1n) is 15.5. The Kier molecular flexibility index (Phi) is 8.06. The van der Waals surface area contributed by atoms with E-state index in [2.05, 4.69) is 27.5 Å². The van der Waals surface area contributed by atoms with Crippen LogP contribution in [0.2, 0.25) is 0 Å². The van der Waals surface area contributed by atoms with E-state index in [1.165, 1.54) is 32.1 Å². The standard InChI is InChI=1S/C30H47FN4O4/c1-17(36)15-33-26-23(31)14-21-27-29(26)39-25-13-19-7-4-3-6-18(19)12-24(25)35(27)16-22(28(21)37)30(38)32-10-9-20-8-5-11-34(20)2/h16-21,23-27,29,33,36H,3-15H2,1-2H3,(H,32,38). The zero-order valence-electron chi connectivity index (χ0n) is 23.6. The number of hydrogen-bond acceptors (Lipinski definition) is 7. The minimum atomic E-state index is -1.29. The summed E-state index contributed by atoms with van der Waals surface area (Å²) < 4.78 is 22.5. The number of amides is 1. The lowest BCUT2D eigenvalue weighted by molar-refractivity contribution is -0.208. The molecule has 3 N–H and O–H groups in total. The summed E-state index contributed by atoms with van der Waals surface area (Å²) in [5, 5.41) is 16.1. The number of likely N-dealkylation sites (tertiary alicyclic amines) is 1. The van der Waals surface area contributed by atoms with Crippen LogP contribution in [0.25, 0.3) is 0 Å². The van der Waals surface area contributed by atoms with E-state index in [0.29, 0.717) is 24.4 Å². The van der Waals surface area contributed by atoms with E-state index in [-0.39, 0.29) is 48.4 Å². The molecule has 3 saturated carbocycles. The minimum absolute atomic E-state index is 0.0425. The van der Waals surface area contributed by atoms with Crippen molar-refractivity contribution in [1.29, 1.82) is 0 Å². The molecule has 0 aromatic heterocycles. The molecule has 8 nitrogen and oxygen atoms in total. The number of halogens is 1. The van der Waals surface area contributed by atoms with Gasteiger partial charge in [0, 0.05) is 31.2 Å². The number of rotatable bonds is 7. The maximum Gasteiger partial charge on any atom is 0.256 e. The second-order valence-corrected chi connectivity index (χ2v) is 13.3. The van der Waals surface area contributed by atoms with Gasteiger partial charge in [0.25, 0.3) is 5.91 Å². The smallest absolute Gasteiger partial charge is 0.256 e. The highest BCUT2D eigenvalue weighted by Gasteiger charge is 2.59. The predicted octanol–water partition coefficient (Wildman–Crippen LogP) is 2.16. The number of carbonyl (C=O) groups excluding carboxylic acids is 2. The zero-order valence-corrected chi connectivity index (χ0v) is 23.6. The van der Waals surface area contributed by atoms with Gasteiger partial charge in [-0.05, 0) is 70.9 Å². The van der Waals surface area contributed by atoms with Crippen LogP contribution in [0.1, 0.15) is 71.1 Å². The van der Waals surface area contributed by atoms with E-state index in [1.807, 2.05) is 6.20 Å². The quantitative estimate of drug-likeness (QED) is 0.422. The first-order chi connectivity index (χ1) is 18.8. The average molecular weight is 547 g/mol. The summed E-state index contributed by atoms with van der Waals surface area (Å²) in [4.78, 5) is 31.8. The third kappa shape index (κ3) is 5.29. The number of ketones is 1. The number of hydrogen-bond donors (Lipinski definition) is 3. The Labute approximate surface area is 232 Å². The molecule has 1 amide bonds. The molecule has 11 unspecified atom stereocenters. The average Bonchev–Trinajstić information content (AvgIpc) is 3.32. The summed E-state index contributed by atoms with van der Waals surface area (Å²) in [6, 6.07) is -0.312. The molecule has 5 fully saturated rings. The van der Waals surface area contributed by atoms with Crippen LogP contribution in [0.15, 0.2) is 11.8 Å². The predicted molar refractivity (Wildman–Crippen MR) is 146 cm³/mol. The van der Waals surface area contributed by atoms with E-state index in [9.17, 15) is 14.7 Å². The number of Topliss-reactive ketones (excluding diaryl/α,β-unsaturated/α-hetero) is 1. The van der Waals surface area contributed by atoms with E-state index in [0.717, 1.165) is 32.2 Å². The Morgan fingerprint density at radius 3 is 2.67 bits per heavy atom. The Hall–Kier alpha value is -1.55. The first-order valence-corrected chi connectivity index (χ1v) is 15.5. The number of fused-ring (bicyclic) bond motifs is 3. The molecular formula is C30H47FN4O4. The molecule has 11 atom stereocenters. The fourth-order valence-corrected chi connectivity index (χ4v) is 8.79.